The summed E-state index contributed by atoms with van der Waals surface area (Å²) < 4.78 is 36.7. The van der Waals surface area contributed by atoms with Crippen LogP contribution in [0, 0.1) is 6.92 Å². The molecule has 13 heteroatoms. The zero-order valence-corrected chi connectivity index (χ0v) is 19.0. The van der Waals surface area contributed by atoms with Gasteiger partial charge in [-0.25, -0.2) is 9.78 Å². The van der Waals surface area contributed by atoms with Crippen molar-refractivity contribution in [3.8, 4) is 0 Å². The van der Waals surface area contributed by atoms with Crippen LogP contribution < -0.4 is 0 Å². The van der Waals surface area contributed by atoms with Crippen LogP contribution in [-0.4, -0.2) is 101 Å². The number of methoxy groups -OCH3 is 1. The first-order chi connectivity index (χ1) is 14.9. The molecule has 2 aliphatic rings. The number of ether oxygens (including phenoxy) is 1. The molecule has 2 amide bonds. The van der Waals surface area contributed by atoms with E-state index in [4.69, 9.17) is 14.6 Å². The van der Waals surface area contributed by atoms with E-state index in [1.54, 1.807) is 16.2 Å². The first kappa shape index (κ1) is 26.0. The number of rotatable bonds is 4. The van der Waals surface area contributed by atoms with Gasteiger partial charge in [-0.3, -0.25) is 14.5 Å². The summed E-state index contributed by atoms with van der Waals surface area (Å²) in [5.74, 6) is -2.59. The molecule has 3 rings (SSSR count). The van der Waals surface area contributed by atoms with Crippen LogP contribution in [0.25, 0.3) is 0 Å². The van der Waals surface area contributed by atoms with Gasteiger partial charge in [0.15, 0.2) is 0 Å². The minimum atomic E-state index is -5.08. The summed E-state index contributed by atoms with van der Waals surface area (Å²) in [5, 5.41) is 10.2. The Labute approximate surface area is 187 Å². The number of piperazine rings is 1. The summed E-state index contributed by atoms with van der Waals surface area (Å²) in [5.41, 5.74) is 0.468. The normalized spacial score (nSPS) is 19.0. The van der Waals surface area contributed by atoms with E-state index in [0.717, 1.165) is 23.8 Å². The van der Waals surface area contributed by atoms with Crippen LogP contribution in [-0.2, 0) is 25.7 Å². The highest BCUT2D eigenvalue weighted by Gasteiger charge is 2.49. The lowest BCUT2D eigenvalue weighted by Gasteiger charge is -2.51. The number of hydrogen-bond acceptors (Lipinski definition) is 7. The molecule has 0 radical (unpaired) electrons. The Balaban J connectivity index is 0.000000451. The first-order valence-corrected chi connectivity index (χ1v) is 10.8. The predicted molar refractivity (Wildman–Crippen MR) is 109 cm³/mol. The second kappa shape index (κ2) is 10.6. The van der Waals surface area contributed by atoms with Crippen molar-refractivity contribution in [1.29, 1.82) is 0 Å². The number of piperidine rings is 1. The minimum Gasteiger partial charge on any atom is -0.475 e. The third-order valence-electron chi connectivity index (χ3n) is 5.59. The Morgan fingerprint density at radius 2 is 1.84 bits per heavy atom. The van der Waals surface area contributed by atoms with E-state index >= 15 is 0 Å². The van der Waals surface area contributed by atoms with Crippen LogP contribution in [0.1, 0.15) is 23.5 Å². The average Bonchev–Trinajstić information content (AvgIpc) is 3.14. The second-order valence-corrected chi connectivity index (χ2v) is 8.72. The van der Waals surface area contributed by atoms with Gasteiger partial charge in [-0.2, -0.15) is 13.2 Å². The van der Waals surface area contributed by atoms with Crippen LogP contribution in [0.15, 0.2) is 5.38 Å². The molecule has 0 atom stereocenters. The number of carboxylic acid groups (broad SMARTS) is 1. The fourth-order valence-electron chi connectivity index (χ4n) is 3.81. The van der Waals surface area contributed by atoms with Crippen molar-refractivity contribution < 1.29 is 37.4 Å². The van der Waals surface area contributed by atoms with E-state index in [-0.39, 0.29) is 18.4 Å². The molecule has 2 fully saturated rings. The molecule has 0 aliphatic carbocycles. The number of thiazole rings is 1. The maximum atomic E-state index is 13.3. The number of hydrogen-bond donors (Lipinski definition) is 1. The molecule has 1 aromatic heterocycles. The van der Waals surface area contributed by atoms with E-state index in [1.165, 1.54) is 7.11 Å². The van der Waals surface area contributed by atoms with Gasteiger partial charge in [0.25, 0.3) is 0 Å². The smallest absolute Gasteiger partial charge is 0.475 e. The summed E-state index contributed by atoms with van der Waals surface area (Å²) in [7, 11) is 3.55. The van der Waals surface area contributed by atoms with Gasteiger partial charge in [-0.1, -0.05) is 0 Å². The standard InChI is InChI=1S/C17H26N4O3S.C2HF3O2/c1-13-18-14(12-25-13)10-21-9-8-19(2)17(16(21)23)4-6-20(7-5-17)15(22)11-24-3;3-2(4,5)1(6)7/h12H,4-11H2,1-3H3;(H,6,7). The number of nitrogens with zero attached hydrogens (tertiary/aromatic N) is 4. The molecule has 32 heavy (non-hydrogen) atoms. The topological polar surface area (TPSA) is 103 Å². The van der Waals surface area contributed by atoms with Crippen molar-refractivity contribution in [3.05, 3.63) is 16.1 Å². The molecular weight excluding hydrogens is 453 g/mol. The van der Waals surface area contributed by atoms with Gasteiger partial charge in [0, 0.05) is 38.7 Å². The van der Waals surface area contributed by atoms with Gasteiger partial charge >= 0.3 is 12.1 Å². The van der Waals surface area contributed by atoms with E-state index in [2.05, 4.69) is 9.88 Å². The fraction of sp³-hybridized carbons (Fsp3) is 0.684. The van der Waals surface area contributed by atoms with E-state index in [0.29, 0.717) is 32.5 Å². The van der Waals surface area contributed by atoms with Crippen LogP contribution in [0.3, 0.4) is 0 Å². The third-order valence-corrected chi connectivity index (χ3v) is 6.42. The summed E-state index contributed by atoms with van der Waals surface area (Å²) in [4.78, 5) is 44.6. The van der Waals surface area contributed by atoms with E-state index in [1.807, 2.05) is 24.3 Å². The zero-order valence-electron chi connectivity index (χ0n) is 18.1. The summed E-state index contributed by atoms with van der Waals surface area (Å²) in [6.45, 7) is 5.43. The molecule has 1 N–H and O–H groups in total. The lowest BCUT2D eigenvalue weighted by molar-refractivity contribution is -0.192. The van der Waals surface area contributed by atoms with Crippen molar-refractivity contribution in [2.45, 2.75) is 38.0 Å². The number of carbonyl (C=O) groups is 3. The molecule has 9 nitrogen and oxygen atoms in total. The van der Waals surface area contributed by atoms with Crippen LogP contribution in [0.4, 0.5) is 13.2 Å². The maximum Gasteiger partial charge on any atom is 0.490 e. The Morgan fingerprint density at radius 3 is 2.31 bits per heavy atom. The van der Waals surface area contributed by atoms with Gasteiger partial charge in [-0.05, 0) is 26.8 Å². The number of halogens is 3. The summed E-state index contributed by atoms with van der Waals surface area (Å²) in [6, 6.07) is 0. The highest BCUT2D eigenvalue weighted by atomic mass is 32.1. The van der Waals surface area contributed by atoms with Crippen molar-refractivity contribution >= 4 is 29.1 Å². The molecule has 0 bridgehead atoms. The Morgan fingerprint density at radius 1 is 1.25 bits per heavy atom. The molecule has 180 valence electrons. The number of amides is 2. The first-order valence-electron chi connectivity index (χ1n) is 9.89. The molecule has 3 heterocycles. The van der Waals surface area contributed by atoms with Gasteiger partial charge in [0.05, 0.1) is 17.2 Å². The second-order valence-electron chi connectivity index (χ2n) is 7.65. The van der Waals surface area contributed by atoms with Crippen molar-refractivity contribution in [3.63, 3.8) is 0 Å². The number of aromatic nitrogens is 1. The number of aliphatic carboxylic acids is 1. The highest BCUT2D eigenvalue weighted by molar-refractivity contribution is 7.09. The van der Waals surface area contributed by atoms with E-state index < -0.39 is 17.7 Å². The monoisotopic (exact) mass is 480 g/mol. The molecular formula is C19H27F3N4O5S. The van der Waals surface area contributed by atoms with Crippen LogP contribution >= 0.6 is 11.3 Å². The molecule has 2 saturated heterocycles. The molecule has 2 aliphatic heterocycles. The van der Waals surface area contributed by atoms with Crippen LogP contribution in [0.2, 0.25) is 0 Å². The molecule has 1 spiro atoms. The largest absolute Gasteiger partial charge is 0.490 e. The number of carbonyl (C=O) groups excluding carboxylic acids is 2. The summed E-state index contributed by atoms with van der Waals surface area (Å²) >= 11 is 1.61. The fourth-order valence-corrected chi connectivity index (χ4v) is 4.41. The highest BCUT2D eigenvalue weighted by Crippen LogP contribution is 2.33. The number of aryl methyl sites for hydroxylation is 1. The lowest BCUT2D eigenvalue weighted by atomic mass is 9.82. The zero-order chi connectivity index (χ0) is 24.1. The quantitative estimate of drug-likeness (QED) is 0.694. The molecule has 0 saturated carbocycles. The Bertz CT molecular complexity index is 824. The van der Waals surface area contributed by atoms with Gasteiger partial charge in [0.1, 0.15) is 12.1 Å². The number of carboxylic acids is 1. The number of likely N-dealkylation sites (tertiary alicyclic amines) is 1. The lowest BCUT2D eigenvalue weighted by Crippen LogP contribution is -2.67. The third kappa shape index (κ3) is 6.17. The van der Waals surface area contributed by atoms with Gasteiger partial charge in [0.2, 0.25) is 11.8 Å². The van der Waals surface area contributed by atoms with Gasteiger partial charge < -0.3 is 19.6 Å². The predicted octanol–water partition coefficient (Wildman–Crippen LogP) is 1.37. The van der Waals surface area contributed by atoms with Crippen LogP contribution in [0.5, 0.6) is 0 Å². The van der Waals surface area contributed by atoms with Crippen molar-refractivity contribution in [1.82, 2.24) is 19.7 Å². The van der Waals surface area contributed by atoms with Gasteiger partial charge in [-0.15, -0.1) is 11.3 Å². The Kier molecular flexibility index (Phi) is 8.60. The van der Waals surface area contributed by atoms with Crippen molar-refractivity contribution in [2.75, 3.05) is 46.9 Å². The molecule has 1 aromatic rings. The minimum absolute atomic E-state index is 0.00179. The molecule has 0 aromatic carbocycles. The molecule has 0 unspecified atom stereocenters. The SMILES string of the molecule is COCC(=O)N1CCC2(CC1)C(=O)N(Cc1csc(C)n1)CCN2C.O=C(O)C(F)(F)F. The van der Waals surface area contributed by atoms with Crippen molar-refractivity contribution in [2.24, 2.45) is 0 Å². The number of likely N-dealkylation sites (N-methyl/N-ethyl adjacent to an activating group) is 1. The average molecular weight is 481 g/mol. The Hall–Kier alpha value is -2.25. The summed E-state index contributed by atoms with van der Waals surface area (Å²) in [6.07, 6.45) is -3.74. The number of alkyl halides is 3. The maximum absolute atomic E-state index is 13.3. The van der Waals surface area contributed by atoms with E-state index in [9.17, 15) is 22.8 Å².